The summed E-state index contributed by atoms with van der Waals surface area (Å²) in [7, 11) is 1.54. The minimum absolute atomic E-state index is 0.0235. The summed E-state index contributed by atoms with van der Waals surface area (Å²) in [5.74, 6) is -0.303. The van der Waals surface area contributed by atoms with Crippen LogP contribution in [0.15, 0.2) is 24.3 Å². The molecule has 1 rings (SSSR count). The molecule has 0 aliphatic carbocycles. The lowest BCUT2D eigenvalue weighted by molar-refractivity contribution is -0.137. The summed E-state index contributed by atoms with van der Waals surface area (Å²) in [5.41, 5.74) is 0.560. The molecule has 0 atom stereocenters. The zero-order valence-electron chi connectivity index (χ0n) is 9.10. The second kappa shape index (κ2) is 5.90. The van der Waals surface area contributed by atoms with Crippen LogP contribution in [-0.2, 0) is 4.79 Å². The van der Waals surface area contributed by atoms with Gasteiger partial charge in [0.2, 0.25) is 0 Å². The summed E-state index contributed by atoms with van der Waals surface area (Å²) < 4.78 is 5.00. The van der Waals surface area contributed by atoms with Crippen molar-refractivity contribution in [2.45, 2.75) is 19.3 Å². The Bertz CT molecular complexity index is 384. The third kappa shape index (κ3) is 3.73. The highest BCUT2D eigenvalue weighted by Gasteiger charge is 2.07. The number of carbonyl (C=O) groups excluding carboxylic acids is 1. The lowest BCUT2D eigenvalue weighted by Gasteiger charge is -2.03. The SMILES string of the molecule is COc1cccc(C(=O)CCCC(=O)O)c1. The number of rotatable bonds is 6. The van der Waals surface area contributed by atoms with E-state index in [0.717, 1.165) is 0 Å². The van der Waals surface area contributed by atoms with Crippen LogP contribution in [-0.4, -0.2) is 24.0 Å². The minimum atomic E-state index is -0.876. The van der Waals surface area contributed by atoms with E-state index >= 15 is 0 Å². The predicted molar refractivity (Wildman–Crippen MR) is 58.8 cm³/mol. The Labute approximate surface area is 93.9 Å². The fourth-order valence-corrected chi connectivity index (χ4v) is 1.34. The average Bonchev–Trinajstić information content (AvgIpc) is 2.28. The number of carbonyl (C=O) groups is 2. The molecule has 0 radical (unpaired) electrons. The van der Waals surface area contributed by atoms with Crippen LogP contribution in [0.25, 0.3) is 0 Å². The zero-order chi connectivity index (χ0) is 12.0. The first-order chi connectivity index (χ1) is 7.63. The molecule has 0 aliphatic heterocycles. The van der Waals surface area contributed by atoms with Crippen molar-refractivity contribution >= 4 is 11.8 Å². The number of hydrogen-bond donors (Lipinski definition) is 1. The van der Waals surface area contributed by atoms with Gasteiger partial charge in [-0.15, -0.1) is 0 Å². The first-order valence-electron chi connectivity index (χ1n) is 5.02. The van der Waals surface area contributed by atoms with Gasteiger partial charge in [0.25, 0.3) is 0 Å². The van der Waals surface area contributed by atoms with E-state index in [0.29, 0.717) is 17.7 Å². The molecule has 4 heteroatoms. The van der Waals surface area contributed by atoms with Gasteiger partial charge in [0, 0.05) is 18.4 Å². The van der Waals surface area contributed by atoms with Gasteiger partial charge in [0.05, 0.1) is 7.11 Å². The molecule has 1 N–H and O–H groups in total. The highest BCUT2D eigenvalue weighted by molar-refractivity contribution is 5.96. The monoisotopic (exact) mass is 222 g/mol. The number of ether oxygens (including phenoxy) is 1. The van der Waals surface area contributed by atoms with Gasteiger partial charge in [-0.05, 0) is 18.6 Å². The number of methoxy groups -OCH3 is 1. The van der Waals surface area contributed by atoms with E-state index in [2.05, 4.69) is 0 Å². The Balaban J connectivity index is 2.55. The number of Topliss-reactive ketones (excluding diaryl/α,β-unsaturated/α-hetero) is 1. The molecule has 0 amide bonds. The second-order valence-electron chi connectivity index (χ2n) is 3.40. The fourth-order valence-electron chi connectivity index (χ4n) is 1.34. The molecule has 0 heterocycles. The molecule has 1 aromatic carbocycles. The maximum atomic E-state index is 11.6. The van der Waals surface area contributed by atoms with E-state index in [1.807, 2.05) is 0 Å². The molecule has 0 fully saturated rings. The molecular formula is C12H14O4. The molecule has 0 bridgehead atoms. The molecule has 4 nitrogen and oxygen atoms in total. The van der Waals surface area contributed by atoms with Gasteiger partial charge in [-0.1, -0.05) is 12.1 Å². The third-order valence-corrected chi connectivity index (χ3v) is 2.19. The number of carboxylic acid groups (broad SMARTS) is 1. The van der Waals surface area contributed by atoms with E-state index in [1.54, 1.807) is 24.3 Å². The molecule has 0 aromatic heterocycles. The van der Waals surface area contributed by atoms with Crippen LogP contribution in [0.3, 0.4) is 0 Å². The van der Waals surface area contributed by atoms with Gasteiger partial charge in [-0.3, -0.25) is 9.59 Å². The summed E-state index contributed by atoms with van der Waals surface area (Å²) in [5, 5.41) is 8.45. The highest BCUT2D eigenvalue weighted by atomic mass is 16.5. The average molecular weight is 222 g/mol. The van der Waals surface area contributed by atoms with Crippen LogP contribution in [0.2, 0.25) is 0 Å². The standard InChI is InChI=1S/C12H14O4/c1-16-10-5-2-4-9(8-10)11(13)6-3-7-12(14)15/h2,4-5,8H,3,6-7H2,1H3,(H,14,15). The summed E-state index contributed by atoms with van der Waals surface area (Å²) in [6.07, 6.45) is 0.639. The van der Waals surface area contributed by atoms with Crippen molar-refractivity contribution < 1.29 is 19.4 Å². The lowest BCUT2D eigenvalue weighted by Crippen LogP contribution is -2.02. The topological polar surface area (TPSA) is 63.6 Å². The van der Waals surface area contributed by atoms with Crippen molar-refractivity contribution in [2.24, 2.45) is 0 Å². The predicted octanol–water partition coefficient (Wildman–Crippen LogP) is 2.13. The summed E-state index contributed by atoms with van der Waals surface area (Å²) in [4.78, 5) is 21.9. The quantitative estimate of drug-likeness (QED) is 0.749. The van der Waals surface area contributed by atoms with Crippen LogP contribution in [0.5, 0.6) is 5.75 Å². The highest BCUT2D eigenvalue weighted by Crippen LogP contribution is 2.14. The summed E-state index contributed by atoms with van der Waals surface area (Å²) >= 11 is 0. The summed E-state index contributed by atoms with van der Waals surface area (Å²) in [6.45, 7) is 0. The molecule has 0 spiro atoms. The van der Waals surface area contributed by atoms with Gasteiger partial charge >= 0.3 is 5.97 Å². The first-order valence-corrected chi connectivity index (χ1v) is 5.02. The van der Waals surface area contributed by atoms with E-state index in [1.165, 1.54) is 7.11 Å². The van der Waals surface area contributed by atoms with Crippen molar-refractivity contribution in [3.8, 4) is 5.75 Å². The number of aliphatic carboxylic acids is 1. The Morgan fingerprint density at radius 2 is 2.06 bits per heavy atom. The van der Waals surface area contributed by atoms with Crippen LogP contribution in [0.4, 0.5) is 0 Å². The van der Waals surface area contributed by atoms with Crippen LogP contribution in [0, 0.1) is 0 Å². The van der Waals surface area contributed by atoms with Crippen LogP contribution >= 0.6 is 0 Å². The third-order valence-electron chi connectivity index (χ3n) is 2.19. The lowest BCUT2D eigenvalue weighted by atomic mass is 10.1. The molecule has 1 aromatic rings. The first kappa shape index (κ1) is 12.2. The maximum absolute atomic E-state index is 11.6. The number of carboxylic acids is 1. The van der Waals surface area contributed by atoms with Gasteiger partial charge in [0.1, 0.15) is 5.75 Å². The fraction of sp³-hybridized carbons (Fsp3) is 0.333. The van der Waals surface area contributed by atoms with E-state index in [9.17, 15) is 9.59 Å². The van der Waals surface area contributed by atoms with Gasteiger partial charge < -0.3 is 9.84 Å². The van der Waals surface area contributed by atoms with Crippen LogP contribution < -0.4 is 4.74 Å². The number of ketones is 1. The van der Waals surface area contributed by atoms with Crippen LogP contribution in [0.1, 0.15) is 29.6 Å². The van der Waals surface area contributed by atoms with E-state index in [-0.39, 0.29) is 18.6 Å². The maximum Gasteiger partial charge on any atom is 0.303 e. The summed E-state index contributed by atoms with van der Waals surface area (Å²) in [6, 6.07) is 6.85. The Kier molecular flexibility index (Phi) is 4.51. The molecule has 0 saturated carbocycles. The van der Waals surface area contributed by atoms with E-state index in [4.69, 9.17) is 9.84 Å². The van der Waals surface area contributed by atoms with Crippen molar-refractivity contribution in [3.05, 3.63) is 29.8 Å². The largest absolute Gasteiger partial charge is 0.497 e. The van der Waals surface area contributed by atoms with Gasteiger partial charge in [-0.2, -0.15) is 0 Å². The number of benzene rings is 1. The normalized spacial score (nSPS) is 9.81. The Morgan fingerprint density at radius 3 is 2.69 bits per heavy atom. The second-order valence-corrected chi connectivity index (χ2v) is 3.40. The zero-order valence-corrected chi connectivity index (χ0v) is 9.10. The van der Waals surface area contributed by atoms with Crippen molar-refractivity contribution in [1.82, 2.24) is 0 Å². The molecule has 0 unspecified atom stereocenters. The Morgan fingerprint density at radius 1 is 1.31 bits per heavy atom. The van der Waals surface area contributed by atoms with Crippen molar-refractivity contribution in [1.29, 1.82) is 0 Å². The Hall–Kier alpha value is -1.84. The smallest absolute Gasteiger partial charge is 0.303 e. The van der Waals surface area contributed by atoms with Gasteiger partial charge in [0.15, 0.2) is 5.78 Å². The molecule has 0 aliphatic rings. The molecule has 86 valence electrons. The minimum Gasteiger partial charge on any atom is -0.497 e. The molecule has 16 heavy (non-hydrogen) atoms. The van der Waals surface area contributed by atoms with Crippen molar-refractivity contribution in [2.75, 3.05) is 7.11 Å². The molecular weight excluding hydrogens is 208 g/mol. The van der Waals surface area contributed by atoms with Crippen molar-refractivity contribution in [3.63, 3.8) is 0 Å². The van der Waals surface area contributed by atoms with E-state index < -0.39 is 5.97 Å². The number of hydrogen-bond acceptors (Lipinski definition) is 3. The van der Waals surface area contributed by atoms with Gasteiger partial charge in [-0.25, -0.2) is 0 Å². The molecule has 0 saturated heterocycles.